The van der Waals surface area contributed by atoms with Crippen molar-refractivity contribution in [3.8, 4) is 28.3 Å². The fourth-order valence-corrected chi connectivity index (χ4v) is 3.40. The monoisotopic (exact) mass is 362 g/mol. The van der Waals surface area contributed by atoms with Crippen LogP contribution in [0.1, 0.15) is 17.1 Å². The molecular weight excluding hydrogens is 344 g/mol. The molecular formula is C21H19ClN4. The highest BCUT2D eigenvalue weighted by Crippen LogP contribution is 2.30. The second kappa shape index (κ2) is 6.46. The average Bonchev–Trinajstić information content (AvgIpc) is 3.16. The van der Waals surface area contributed by atoms with E-state index in [-0.39, 0.29) is 0 Å². The molecule has 5 heteroatoms. The summed E-state index contributed by atoms with van der Waals surface area (Å²) < 4.78 is 1.93. The first-order valence-electron chi connectivity index (χ1n) is 8.49. The first-order chi connectivity index (χ1) is 12.5. The molecule has 1 N–H and O–H groups in total. The maximum atomic E-state index is 6.01. The molecule has 2 heterocycles. The smallest absolute Gasteiger partial charge is 0.142 e. The number of nitrogens with zero attached hydrogens (tertiary/aromatic N) is 3. The van der Waals surface area contributed by atoms with Crippen molar-refractivity contribution in [1.82, 2.24) is 19.7 Å². The van der Waals surface area contributed by atoms with Gasteiger partial charge in [0.2, 0.25) is 0 Å². The minimum atomic E-state index is 0.713. The molecule has 0 aliphatic heterocycles. The van der Waals surface area contributed by atoms with Crippen molar-refractivity contribution in [2.24, 2.45) is 0 Å². The van der Waals surface area contributed by atoms with E-state index in [9.17, 15) is 0 Å². The largest absolute Gasteiger partial charge is 0.341 e. The Labute approximate surface area is 157 Å². The van der Waals surface area contributed by atoms with E-state index < -0.39 is 0 Å². The highest BCUT2D eigenvalue weighted by atomic mass is 35.5. The number of rotatable bonds is 3. The lowest BCUT2D eigenvalue weighted by molar-refractivity contribution is 0.834. The van der Waals surface area contributed by atoms with E-state index in [2.05, 4.69) is 24.0 Å². The van der Waals surface area contributed by atoms with E-state index >= 15 is 0 Å². The molecule has 4 rings (SSSR count). The SMILES string of the molecule is Cc1nn(-c2ccc(Cl)cc2)c(C)c1-c1nc(-c2ccccc2)c(C)[nH]1. The molecule has 0 radical (unpaired) electrons. The molecule has 0 saturated heterocycles. The zero-order valence-corrected chi connectivity index (χ0v) is 15.7. The number of aromatic nitrogens is 4. The van der Waals surface area contributed by atoms with Crippen LogP contribution in [0, 0.1) is 20.8 Å². The molecule has 0 amide bonds. The number of nitrogens with one attached hydrogen (secondary N) is 1. The van der Waals surface area contributed by atoms with Gasteiger partial charge in [-0.2, -0.15) is 5.10 Å². The second-order valence-corrected chi connectivity index (χ2v) is 6.80. The molecule has 0 spiro atoms. The van der Waals surface area contributed by atoms with Crippen LogP contribution in [-0.4, -0.2) is 19.7 Å². The number of halogens is 1. The van der Waals surface area contributed by atoms with Gasteiger partial charge in [0.1, 0.15) is 5.82 Å². The van der Waals surface area contributed by atoms with Crippen molar-refractivity contribution in [1.29, 1.82) is 0 Å². The summed E-state index contributed by atoms with van der Waals surface area (Å²) in [7, 11) is 0. The lowest BCUT2D eigenvalue weighted by Crippen LogP contribution is -1.98. The summed E-state index contributed by atoms with van der Waals surface area (Å²) in [6.45, 7) is 6.12. The quantitative estimate of drug-likeness (QED) is 0.522. The Morgan fingerprint density at radius 1 is 0.923 bits per heavy atom. The van der Waals surface area contributed by atoms with Crippen molar-refractivity contribution in [3.05, 3.63) is 76.7 Å². The number of hydrogen-bond donors (Lipinski definition) is 1. The van der Waals surface area contributed by atoms with Gasteiger partial charge in [-0.15, -0.1) is 0 Å². The first kappa shape index (κ1) is 16.6. The highest BCUT2D eigenvalue weighted by Gasteiger charge is 2.19. The topological polar surface area (TPSA) is 46.5 Å². The number of aryl methyl sites for hydroxylation is 2. The summed E-state index contributed by atoms with van der Waals surface area (Å²) >= 11 is 6.01. The minimum Gasteiger partial charge on any atom is -0.341 e. The van der Waals surface area contributed by atoms with Crippen LogP contribution in [0.15, 0.2) is 54.6 Å². The number of aromatic amines is 1. The van der Waals surface area contributed by atoms with Gasteiger partial charge in [-0.1, -0.05) is 41.9 Å². The summed E-state index contributed by atoms with van der Waals surface area (Å²) in [5, 5.41) is 5.42. The number of benzene rings is 2. The Morgan fingerprint density at radius 3 is 2.31 bits per heavy atom. The number of H-pyrrole nitrogens is 1. The van der Waals surface area contributed by atoms with Crippen LogP contribution in [0.5, 0.6) is 0 Å². The molecule has 0 fully saturated rings. The summed E-state index contributed by atoms with van der Waals surface area (Å²) in [6, 6.07) is 17.9. The lowest BCUT2D eigenvalue weighted by atomic mass is 10.1. The fourth-order valence-electron chi connectivity index (χ4n) is 3.27. The van der Waals surface area contributed by atoms with Crippen LogP contribution in [-0.2, 0) is 0 Å². The maximum absolute atomic E-state index is 6.01. The van der Waals surface area contributed by atoms with E-state index in [1.165, 1.54) is 0 Å². The summed E-state index contributed by atoms with van der Waals surface area (Å²) in [5.74, 6) is 0.844. The standard InChI is InChI=1S/C21H19ClN4/c1-13-19(15(3)26(25-13)18-11-9-17(22)10-12-18)21-23-14(2)20(24-21)16-7-5-4-6-8-16/h4-12H,1-3H3,(H,23,24). The van der Waals surface area contributed by atoms with Crippen LogP contribution >= 0.6 is 11.6 Å². The van der Waals surface area contributed by atoms with Crippen LogP contribution in [0.3, 0.4) is 0 Å². The maximum Gasteiger partial charge on any atom is 0.142 e. The van der Waals surface area contributed by atoms with Gasteiger partial charge in [-0.3, -0.25) is 0 Å². The average molecular weight is 363 g/mol. The molecule has 0 bridgehead atoms. The third kappa shape index (κ3) is 2.82. The third-order valence-electron chi connectivity index (χ3n) is 4.53. The molecule has 2 aromatic carbocycles. The first-order valence-corrected chi connectivity index (χ1v) is 8.87. The van der Waals surface area contributed by atoms with E-state index in [4.69, 9.17) is 21.7 Å². The van der Waals surface area contributed by atoms with Crippen molar-refractivity contribution < 1.29 is 0 Å². The zero-order chi connectivity index (χ0) is 18.3. The van der Waals surface area contributed by atoms with Gasteiger partial charge in [-0.05, 0) is 45.0 Å². The van der Waals surface area contributed by atoms with E-state index in [1.807, 2.05) is 61.0 Å². The van der Waals surface area contributed by atoms with Crippen molar-refractivity contribution >= 4 is 11.6 Å². The van der Waals surface area contributed by atoms with Gasteiger partial charge < -0.3 is 4.98 Å². The van der Waals surface area contributed by atoms with Gasteiger partial charge in [0.05, 0.1) is 28.3 Å². The van der Waals surface area contributed by atoms with Crippen LogP contribution in [0.4, 0.5) is 0 Å². The third-order valence-corrected chi connectivity index (χ3v) is 4.78. The van der Waals surface area contributed by atoms with Gasteiger partial charge in [0.25, 0.3) is 0 Å². The van der Waals surface area contributed by atoms with Crippen molar-refractivity contribution in [2.45, 2.75) is 20.8 Å². The van der Waals surface area contributed by atoms with Crippen molar-refractivity contribution in [3.63, 3.8) is 0 Å². The van der Waals surface area contributed by atoms with Crippen molar-refractivity contribution in [2.75, 3.05) is 0 Å². The molecule has 0 saturated carbocycles. The number of imidazole rings is 1. The Balaban J connectivity index is 1.81. The van der Waals surface area contributed by atoms with Crippen LogP contribution < -0.4 is 0 Å². The Bertz CT molecular complexity index is 1060. The van der Waals surface area contributed by atoms with E-state index in [1.54, 1.807) is 0 Å². The molecule has 130 valence electrons. The molecule has 2 aromatic heterocycles. The van der Waals surface area contributed by atoms with Crippen LogP contribution in [0.25, 0.3) is 28.3 Å². The van der Waals surface area contributed by atoms with E-state index in [0.29, 0.717) is 5.02 Å². The van der Waals surface area contributed by atoms with Crippen LogP contribution in [0.2, 0.25) is 5.02 Å². The van der Waals surface area contributed by atoms with Gasteiger partial charge in [0, 0.05) is 16.3 Å². The minimum absolute atomic E-state index is 0.713. The molecule has 0 atom stereocenters. The van der Waals surface area contributed by atoms with E-state index in [0.717, 1.165) is 45.4 Å². The predicted molar refractivity (Wildman–Crippen MR) is 106 cm³/mol. The molecule has 26 heavy (non-hydrogen) atoms. The normalized spacial score (nSPS) is 11.1. The van der Waals surface area contributed by atoms with Gasteiger partial charge >= 0.3 is 0 Å². The second-order valence-electron chi connectivity index (χ2n) is 6.36. The lowest BCUT2D eigenvalue weighted by Gasteiger charge is -2.04. The number of hydrogen-bond acceptors (Lipinski definition) is 2. The molecule has 0 unspecified atom stereocenters. The summed E-state index contributed by atoms with van der Waals surface area (Å²) in [5.41, 5.74) is 7.11. The summed E-state index contributed by atoms with van der Waals surface area (Å²) in [6.07, 6.45) is 0. The fraction of sp³-hybridized carbons (Fsp3) is 0.143. The highest BCUT2D eigenvalue weighted by molar-refractivity contribution is 6.30. The molecule has 4 nitrogen and oxygen atoms in total. The Kier molecular flexibility index (Phi) is 4.13. The molecule has 0 aliphatic carbocycles. The summed E-state index contributed by atoms with van der Waals surface area (Å²) in [4.78, 5) is 8.29. The Morgan fingerprint density at radius 2 is 1.62 bits per heavy atom. The Hall–Kier alpha value is -2.85. The van der Waals surface area contributed by atoms with Gasteiger partial charge in [0.15, 0.2) is 0 Å². The van der Waals surface area contributed by atoms with Gasteiger partial charge in [-0.25, -0.2) is 9.67 Å². The zero-order valence-electron chi connectivity index (χ0n) is 14.9. The molecule has 4 aromatic rings. The molecule has 0 aliphatic rings. The predicted octanol–water partition coefficient (Wildman–Crippen LogP) is 5.51.